The van der Waals surface area contributed by atoms with E-state index < -0.39 is 0 Å². The minimum atomic E-state index is 0.262. The van der Waals surface area contributed by atoms with Crippen LogP contribution in [0.1, 0.15) is 47.0 Å². The maximum atomic E-state index is 9.06. The van der Waals surface area contributed by atoms with Gasteiger partial charge in [0.15, 0.2) is 0 Å². The molecule has 3 nitrogen and oxygen atoms in total. The van der Waals surface area contributed by atoms with Gasteiger partial charge in [-0.1, -0.05) is 27.7 Å². The topological polar surface area (TPSA) is 35.5 Å². The first kappa shape index (κ1) is 16.9. The van der Waals surface area contributed by atoms with Gasteiger partial charge in [0.2, 0.25) is 0 Å². The van der Waals surface area contributed by atoms with E-state index in [1.165, 1.54) is 19.3 Å². The Morgan fingerprint density at radius 3 is 2.47 bits per heavy atom. The summed E-state index contributed by atoms with van der Waals surface area (Å²) < 4.78 is 0. The van der Waals surface area contributed by atoms with Crippen LogP contribution < -0.4 is 5.32 Å². The van der Waals surface area contributed by atoms with Crippen molar-refractivity contribution in [1.82, 2.24) is 10.2 Å². The summed E-state index contributed by atoms with van der Waals surface area (Å²) >= 11 is 0. The largest absolute Gasteiger partial charge is 0.395 e. The molecule has 0 saturated heterocycles. The van der Waals surface area contributed by atoms with Crippen LogP contribution >= 0.6 is 0 Å². The van der Waals surface area contributed by atoms with Gasteiger partial charge in [-0.3, -0.25) is 0 Å². The van der Waals surface area contributed by atoms with Crippen LogP contribution in [0.5, 0.6) is 0 Å². The first-order chi connectivity index (χ1) is 8.88. The Kier molecular flexibility index (Phi) is 6.78. The van der Waals surface area contributed by atoms with Gasteiger partial charge in [0.05, 0.1) is 6.61 Å². The van der Waals surface area contributed by atoms with Crippen molar-refractivity contribution in [1.29, 1.82) is 0 Å². The highest BCUT2D eigenvalue weighted by atomic mass is 16.3. The molecule has 0 amide bonds. The third-order valence-electron chi connectivity index (χ3n) is 4.70. The van der Waals surface area contributed by atoms with Gasteiger partial charge in [-0.2, -0.15) is 0 Å². The number of hydrogen-bond acceptors (Lipinski definition) is 3. The van der Waals surface area contributed by atoms with E-state index >= 15 is 0 Å². The summed E-state index contributed by atoms with van der Waals surface area (Å²) in [5.74, 6) is 1.55. The summed E-state index contributed by atoms with van der Waals surface area (Å²) in [5.41, 5.74) is 0.422. The van der Waals surface area contributed by atoms with Crippen LogP contribution in [0.2, 0.25) is 0 Å². The van der Waals surface area contributed by atoms with Gasteiger partial charge >= 0.3 is 0 Å². The number of hydrogen-bond donors (Lipinski definition) is 2. The molecular weight excluding hydrogens is 236 g/mol. The Hall–Kier alpha value is -0.120. The maximum absolute atomic E-state index is 9.06. The van der Waals surface area contributed by atoms with E-state index in [1.807, 2.05) is 0 Å². The summed E-state index contributed by atoms with van der Waals surface area (Å²) in [5, 5.41) is 12.7. The van der Waals surface area contributed by atoms with Crippen molar-refractivity contribution in [2.45, 2.75) is 53.0 Å². The second-order valence-corrected chi connectivity index (χ2v) is 7.29. The Morgan fingerprint density at radius 2 is 1.95 bits per heavy atom. The highest BCUT2D eigenvalue weighted by Gasteiger charge is 2.35. The van der Waals surface area contributed by atoms with Crippen molar-refractivity contribution in [3.8, 4) is 0 Å². The average Bonchev–Trinajstić information content (AvgIpc) is 2.30. The standard InChI is InChI=1S/C16H34N2O/c1-6-17-15-8-7-14(16(2,3)4)11-13(15)12-18(5)9-10-19/h13-15,17,19H,6-12H2,1-5H3. The zero-order chi connectivity index (χ0) is 14.5. The van der Waals surface area contributed by atoms with Crippen LogP contribution in [0.25, 0.3) is 0 Å². The molecular formula is C16H34N2O. The lowest BCUT2D eigenvalue weighted by Gasteiger charge is -2.43. The van der Waals surface area contributed by atoms with Crippen molar-refractivity contribution in [3.63, 3.8) is 0 Å². The molecule has 3 unspecified atom stereocenters. The fourth-order valence-corrected chi connectivity index (χ4v) is 3.45. The lowest BCUT2D eigenvalue weighted by Crippen LogP contribution is -2.47. The number of aliphatic hydroxyl groups is 1. The van der Waals surface area contributed by atoms with Gasteiger partial charge in [-0.15, -0.1) is 0 Å². The van der Waals surface area contributed by atoms with Crippen LogP contribution in [-0.4, -0.2) is 49.3 Å². The van der Waals surface area contributed by atoms with Gasteiger partial charge in [-0.05, 0) is 50.1 Å². The van der Waals surface area contributed by atoms with Crippen LogP contribution in [0.15, 0.2) is 0 Å². The fraction of sp³-hybridized carbons (Fsp3) is 1.00. The van der Waals surface area contributed by atoms with Crippen LogP contribution in [0, 0.1) is 17.3 Å². The summed E-state index contributed by atoms with van der Waals surface area (Å²) in [7, 11) is 2.12. The van der Waals surface area contributed by atoms with Gasteiger partial charge in [-0.25, -0.2) is 0 Å². The molecule has 0 aromatic heterocycles. The maximum Gasteiger partial charge on any atom is 0.0558 e. The molecule has 0 aliphatic heterocycles. The van der Waals surface area contributed by atoms with Crippen LogP contribution in [0.3, 0.4) is 0 Å². The zero-order valence-electron chi connectivity index (χ0n) is 13.6. The van der Waals surface area contributed by atoms with Crippen molar-refractivity contribution >= 4 is 0 Å². The third-order valence-corrected chi connectivity index (χ3v) is 4.70. The molecule has 1 fully saturated rings. The van der Waals surface area contributed by atoms with E-state index in [9.17, 15) is 0 Å². The van der Waals surface area contributed by atoms with Gasteiger partial charge < -0.3 is 15.3 Å². The second-order valence-electron chi connectivity index (χ2n) is 7.29. The lowest BCUT2D eigenvalue weighted by molar-refractivity contribution is 0.0893. The number of aliphatic hydroxyl groups excluding tert-OH is 1. The van der Waals surface area contributed by atoms with Gasteiger partial charge in [0, 0.05) is 19.1 Å². The predicted molar refractivity (Wildman–Crippen MR) is 82.3 cm³/mol. The predicted octanol–water partition coefficient (Wildman–Crippen LogP) is 2.35. The minimum absolute atomic E-state index is 0.262. The highest BCUT2D eigenvalue weighted by molar-refractivity contribution is 4.89. The molecule has 3 atom stereocenters. The van der Waals surface area contributed by atoms with Gasteiger partial charge in [0.25, 0.3) is 0 Å². The van der Waals surface area contributed by atoms with E-state index in [0.717, 1.165) is 31.5 Å². The van der Waals surface area contributed by atoms with Crippen LogP contribution in [0.4, 0.5) is 0 Å². The Labute approximate surface area is 119 Å². The van der Waals surface area contributed by atoms with E-state index in [2.05, 4.69) is 45.0 Å². The molecule has 1 saturated carbocycles. The molecule has 0 radical (unpaired) electrons. The van der Waals surface area contributed by atoms with E-state index in [-0.39, 0.29) is 6.61 Å². The monoisotopic (exact) mass is 270 g/mol. The van der Waals surface area contributed by atoms with Crippen LogP contribution in [-0.2, 0) is 0 Å². The number of rotatable bonds is 6. The summed E-state index contributed by atoms with van der Waals surface area (Å²) in [6.45, 7) is 12.5. The summed E-state index contributed by atoms with van der Waals surface area (Å²) in [6, 6.07) is 0.657. The average molecular weight is 270 g/mol. The Morgan fingerprint density at radius 1 is 1.26 bits per heavy atom. The Balaban J connectivity index is 2.62. The molecule has 0 aromatic rings. The first-order valence-corrected chi connectivity index (χ1v) is 7.91. The molecule has 19 heavy (non-hydrogen) atoms. The van der Waals surface area contributed by atoms with Crippen molar-refractivity contribution < 1.29 is 5.11 Å². The number of nitrogens with one attached hydrogen (secondary N) is 1. The molecule has 0 bridgehead atoms. The molecule has 1 aliphatic carbocycles. The van der Waals surface area contributed by atoms with E-state index in [0.29, 0.717) is 11.5 Å². The lowest BCUT2D eigenvalue weighted by atomic mass is 9.67. The molecule has 0 heterocycles. The molecule has 0 aromatic carbocycles. The molecule has 2 N–H and O–H groups in total. The molecule has 1 rings (SSSR count). The minimum Gasteiger partial charge on any atom is -0.395 e. The number of nitrogens with zero attached hydrogens (tertiary/aromatic N) is 1. The van der Waals surface area contributed by atoms with Crippen molar-refractivity contribution in [3.05, 3.63) is 0 Å². The summed E-state index contributed by atoms with van der Waals surface area (Å²) in [6.07, 6.45) is 3.96. The normalized spacial score (nSPS) is 28.9. The first-order valence-electron chi connectivity index (χ1n) is 7.91. The molecule has 0 spiro atoms. The SMILES string of the molecule is CCNC1CCC(C(C)(C)C)CC1CN(C)CCO. The van der Waals surface area contributed by atoms with Crippen molar-refractivity contribution in [2.24, 2.45) is 17.3 Å². The Bertz CT molecular complexity index is 250. The van der Waals surface area contributed by atoms with Gasteiger partial charge in [0.1, 0.15) is 0 Å². The second kappa shape index (κ2) is 7.61. The quantitative estimate of drug-likeness (QED) is 0.778. The summed E-state index contributed by atoms with van der Waals surface area (Å²) in [4.78, 5) is 2.28. The third kappa shape index (κ3) is 5.41. The zero-order valence-corrected chi connectivity index (χ0v) is 13.6. The van der Waals surface area contributed by atoms with E-state index in [1.54, 1.807) is 0 Å². The van der Waals surface area contributed by atoms with Crippen molar-refractivity contribution in [2.75, 3.05) is 33.3 Å². The highest BCUT2D eigenvalue weighted by Crippen LogP contribution is 2.40. The van der Waals surface area contributed by atoms with E-state index in [4.69, 9.17) is 5.11 Å². The molecule has 1 aliphatic rings. The fourth-order valence-electron chi connectivity index (χ4n) is 3.45. The molecule has 114 valence electrons. The molecule has 3 heteroatoms. The number of likely N-dealkylation sites (N-methyl/N-ethyl adjacent to an activating group) is 1. The smallest absolute Gasteiger partial charge is 0.0558 e.